The van der Waals surface area contributed by atoms with Gasteiger partial charge in [0, 0.05) is 32.6 Å². The third kappa shape index (κ3) is 4.62. The van der Waals surface area contributed by atoms with Crippen molar-refractivity contribution in [2.75, 3.05) is 19.0 Å². The Morgan fingerprint density at radius 2 is 1.82 bits per heavy atom. The number of H-pyrrole nitrogens is 1. The van der Waals surface area contributed by atoms with Crippen molar-refractivity contribution in [1.82, 2.24) is 30.2 Å². The van der Waals surface area contributed by atoms with Gasteiger partial charge in [-0.2, -0.15) is 5.21 Å². The van der Waals surface area contributed by atoms with Crippen molar-refractivity contribution in [3.8, 4) is 22.5 Å². The smallest absolute Gasteiger partial charge is 0.356 e. The van der Waals surface area contributed by atoms with Gasteiger partial charge in [-0.05, 0) is 28.3 Å². The second kappa shape index (κ2) is 9.64. The highest BCUT2D eigenvalue weighted by molar-refractivity contribution is 5.92. The lowest BCUT2D eigenvalue weighted by atomic mass is 9.98. The lowest BCUT2D eigenvalue weighted by molar-refractivity contribution is 0.0686. The Morgan fingerprint density at radius 1 is 1.09 bits per heavy atom. The number of hydrogen-bond acceptors (Lipinski definition) is 6. The molecule has 0 atom stereocenters. The number of imidazole rings is 1. The van der Waals surface area contributed by atoms with E-state index in [1.807, 2.05) is 67.2 Å². The molecule has 2 aromatic carbocycles. The Balaban J connectivity index is 1.68. The number of tetrazole rings is 1. The molecule has 2 N–H and O–H groups in total. The third-order valence-electron chi connectivity index (χ3n) is 5.53. The number of hydrogen-bond donors (Lipinski definition) is 2. The predicted molar refractivity (Wildman–Crippen MR) is 126 cm³/mol. The van der Waals surface area contributed by atoms with Gasteiger partial charge in [-0.15, -0.1) is 10.2 Å². The van der Waals surface area contributed by atoms with Crippen molar-refractivity contribution in [2.45, 2.75) is 32.7 Å². The maximum Gasteiger partial charge on any atom is 0.356 e. The number of anilines is 1. The van der Waals surface area contributed by atoms with Crippen LogP contribution in [0.5, 0.6) is 0 Å². The molecule has 2 heterocycles. The van der Waals surface area contributed by atoms with E-state index in [4.69, 9.17) is 0 Å². The van der Waals surface area contributed by atoms with Crippen LogP contribution in [0.25, 0.3) is 22.5 Å². The van der Waals surface area contributed by atoms with Crippen LogP contribution in [-0.2, 0) is 13.0 Å². The largest absolute Gasteiger partial charge is 0.476 e. The van der Waals surface area contributed by atoms with Gasteiger partial charge in [0.2, 0.25) is 5.82 Å². The van der Waals surface area contributed by atoms with Gasteiger partial charge in [-0.3, -0.25) is 0 Å². The Morgan fingerprint density at radius 3 is 2.42 bits per heavy atom. The van der Waals surface area contributed by atoms with E-state index in [0.717, 1.165) is 47.3 Å². The summed E-state index contributed by atoms with van der Waals surface area (Å²) >= 11 is 0. The van der Waals surface area contributed by atoms with E-state index in [2.05, 4.69) is 32.5 Å². The number of rotatable bonds is 9. The molecule has 9 nitrogen and oxygen atoms in total. The summed E-state index contributed by atoms with van der Waals surface area (Å²) in [6.07, 6.45) is 2.70. The number of aromatic nitrogens is 6. The number of carboxylic acid groups (broad SMARTS) is 1. The maximum atomic E-state index is 12.1. The number of aromatic amines is 1. The highest BCUT2D eigenvalue weighted by Crippen LogP contribution is 2.30. The van der Waals surface area contributed by atoms with E-state index < -0.39 is 5.97 Å². The molecule has 0 spiro atoms. The van der Waals surface area contributed by atoms with Crippen LogP contribution in [0.15, 0.2) is 48.5 Å². The zero-order valence-electron chi connectivity index (χ0n) is 19.0. The Bertz CT molecular complexity index is 1230. The Hall–Kier alpha value is -4.01. The molecule has 170 valence electrons. The lowest BCUT2D eigenvalue weighted by Crippen LogP contribution is -2.17. The Labute approximate surface area is 192 Å². The second-order valence-electron chi connectivity index (χ2n) is 8.07. The average molecular weight is 446 g/mol. The first-order chi connectivity index (χ1) is 16.0. The van der Waals surface area contributed by atoms with Crippen LogP contribution >= 0.6 is 0 Å². The van der Waals surface area contributed by atoms with E-state index in [1.165, 1.54) is 0 Å². The summed E-state index contributed by atoms with van der Waals surface area (Å²) < 4.78 is 1.83. The topological polar surface area (TPSA) is 113 Å². The zero-order valence-corrected chi connectivity index (χ0v) is 19.0. The quantitative estimate of drug-likeness (QED) is 0.402. The fourth-order valence-corrected chi connectivity index (χ4v) is 3.88. The van der Waals surface area contributed by atoms with Crippen molar-refractivity contribution >= 4 is 11.8 Å². The number of nitrogens with zero attached hydrogens (tertiary/aromatic N) is 6. The van der Waals surface area contributed by atoms with E-state index in [0.29, 0.717) is 18.2 Å². The molecule has 0 bridgehead atoms. The van der Waals surface area contributed by atoms with Crippen LogP contribution < -0.4 is 4.90 Å². The fourth-order valence-electron chi connectivity index (χ4n) is 3.88. The van der Waals surface area contributed by atoms with Crippen LogP contribution in [0, 0.1) is 0 Å². The first kappa shape index (κ1) is 22.2. The first-order valence-corrected chi connectivity index (χ1v) is 10.9. The minimum Gasteiger partial charge on any atom is -0.476 e. The molecule has 0 unspecified atom stereocenters. The highest BCUT2D eigenvalue weighted by atomic mass is 16.4. The molecular formula is C24H27N7O2. The van der Waals surface area contributed by atoms with Crippen LogP contribution in [0.4, 0.5) is 5.82 Å². The van der Waals surface area contributed by atoms with Gasteiger partial charge in [0.25, 0.3) is 0 Å². The van der Waals surface area contributed by atoms with Gasteiger partial charge < -0.3 is 14.6 Å². The number of carboxylic acids is 1. The minimum absolute atomic E-state index is 0.220. The highest BCUT2D eigenvalue weighted by Gasteiger charge is 2.24. The molecule has 0 aliphatic heterocycles. The van der Waals surface area contributed by atoms with Crippen molar-refractivity contribution in [3.05, 3.63) is 65.6 Å². The summed E-state index contributed by atoms with van der Waals surface area (Å²) in [6.45, 7) is 2.55. The molecule has 0 aliphatic carbocycles. The summed E-state index contributed by atoms with van der Waals surface area (Å²) in [7, 11) is 3.64. The molecule has 4 aromatic rings. The molecule has 33 heavy (non-hydrogen) atoms. The molecule has 0 aliphatic rings. The lowest BCUT2D eigenvalue weighted by Gasteiger charge is -2.13. The SMILES string of the molecule is CCCCc1nc(N(C)C)c(C(=O)O)n1Cc1ccc(-c2ccccc2-c2nn[nH]n2)cc1. The minimum atomic E-state index is -0.973. The maximum absolute atomic E-state index is 12.1. The summed E-state index contributed by atoms with van der Waals surface area (Å²) in [4.78, 5) is 18.5. The predicted octanol–water partition coefficient (Wildman–Crippen LogP) is 3.89. The van der Waals surface area contributed by atoms with Gasteiger partial charge in [-0.25, -0.2) is 9.78 Å². The van der Waals surface area contributed by atoms with Crippen molar-refractivity contribution < 1.29 is 9.90 Å². The molecule has 0 saturated carbocycles. The number of unbranched alkanes of at least 4 members (excludes halogenated alkanes) is 1. The summed E-state index contributed by atoms with van der Waals surface area (Å²) in [5.74, 6) is 0.847. The number of carbonyl (C=O) groups is 1. The van der Waals surface area contributed by atoms with E-state index >= 15 is 0 Å². The van der Waals surface area contributed by atoms with Gasteiger partial charge >= 0.3 is 5.97 Å². The second-order valence-corrected chi connectivity index (χ2v) is 8.07. The van der Waals surface area contributed by atoms with Crippen LogP contribution in [-0.4, -0.2) is 55.3 Å². The number of benzene rings is 2. The van der Waals surface area contributed by atoms with Crippen LogP contribution in [0.1, 0.15) is 41.6 Å². The molecule has 0 saturated heterocycles. The molecule has 0 amide bonds. The molecule has 0 radical (unpaired) electrons. The zero-order chi connectivity index (χ0) is 23.4. The molecule has 9 heteroatoms. The third-order valence-corrected chi connectivity index (χ3v) is 5.53. The molecule has 4 rings (SSSR count). The number of aryl methyl sites for hydroxylation is 1. The summed E-state index contributed by atoms with van der Waals surface area (Å²) in [5.41, 5.74) is 4.12. The van der Waals surface area contributed by atoms with Gasteiger partial charge in [0.1, 0.15) is 5.82 Å². The van der Waals surface area contributed by atoms with Crippen molar-refractivity contribution in [2.24, 2.45) is 0 Å². The standard InChI is InChI=1S/C24H27N7O2/c1-4-5-10-20-25-23(30(2)3)21(24(32)33)31(20)15-16-11-13-17(14-12-16)18-8-6-7-9-19(18)22-26-28-29-27-22/h6-9,11-14H,4-5,10,15H2,1-3H3,(H,32,33)(H,26,27,28,29). The van der Waals surface area contributed by atoms with Crippen LogP contribution in [0.3, 0.4) is 0 Å². The number of aromatic carboxylic acids is 1. The Kier molecular flexibility index (Phi) is 6.48. The van der Waals surface area contributed by atoms with Gasteiger partial charge in [0.15, 0.2) is 11.5 Å². The number of nitrogens with one attached hydrogen (secondary N) is 1. The molecular weight excluding hydrogens is 418 g/mol. The summed E-state index contributed by atoms with van der Waals surface area (Å²) in [6, 6.07) is 16.0. The monoisotopic (exact) mass is 445 g/mol. The average Bonchev–Trinajstić information content (AvgIpc) is 3.47. The first-order valence-electron chi connectivity index (χ1n) is 10.9. The molecule has 2 aromatic heterocycles. The van der Waals surface area contributed by atoms with Gasteiger partial charge in [0.05, 0.1) is 0 Å². The van der Waals surface area contributed by atoms with Gasteiger partial charge in [-0.1, -0.05) is 61.9 Å². The molecule has 0 fully saturated rings. The van der Waals surface area contributed by atoms with E-state index in [1.54, 1.807) is 4.90 Å². The van der Waals surface area contributed by atoms with Crippen molar-refractivity contribution in [1.29, 1.82) is 0 Å². The summed E-state index contributed by atoms with van der Waals surface area (Å²) in [5, 5.41) is 24.3. The fraction of sp³-hybridized carbons (Fsp3) is 0.292. The van der Waals surface area contributed by atoms with Crippen LogP contribution in [0.2, 0.25) is 0 Å². The van der Waals surface area contributed by atoms with Crippen molar-refractivity contribution in [3.63, 3.8) is 0 Å². The van der Waals surface area contributed by atoms with E-state index in [-0.39, 0.29) is 5.69 Å². The normalized spacial score (nSPS) is 11.0. The van der Waals surface area contributed by atoms with E-state index in [9.17, 15) is 9.90 Å².